The van der Waals surface area contributed by atoms with Crippen molar-refractivity contribution < 1.29 is 0 Å². The fourth-order valence-electron chi connectivity index (χ4n) is 11.0. The molecule has 0 atom stereocenters. The predicted octanol–water partition coefficient (Wildman–Crippen LogP) is 22.5. The molecule has 388 valence electrons. The van der Waals surface area contributed by atoms with Gasteiger partial charge in [-0.05, 0) is 174 Å². The Morgan fingerprint density at radius 2 is 0.390 bits per heavy atom. The van der Waals surface area contributed by atoms with Crippen LogP contribution in [0.2, 0.25) is 0 Å². The van der Waals surface area contributed by atoms with Gasteiger partial charge in [-0.25, -0.2) is 0 Å². The molecule has 13 aromatic carbocycles. The number of benzene rings is 13. The van der Waals surface area contributed by atoms with Crippen LogP contribution in [0.15, 0.2) is 340 Å². The summed E-state index contributed by atoms with van der Waals surface area (Å²) in [6, 6.07) is 122. The summed E-state index contributed by atoms with van der Waals surface area (Å²) in [5.74, 6) is 0. The standard InChI is InChI=1S/C80H58N2/c1-5-19-61(20-6-1)69-27-14-29-71(55-69)67-44-50-75(51-45-67)81(76-52-46-68(47-53-76)72-30-15-28-70(56-72)62-21-7-2-8-22-62)78-33-13-18-60(54-78)37-36-59-38-40-65(41-39-59)66-42-48-77(49-43-66)82(79-34-16-31-73(57-79)63-23-9-3-10-24-63)80-35-17-32-74(58-80)64-25-11-4-12-26-64/h1-58H/b37-36+. The largest absolute Gasteiger partial charge is 0.310 e. The Kier molecular flexibility index (Phi) is 14.6. The molecule has 13 rings (SSSR count). The van der Waals surface area contributed by atoms with E-state index in [9.17, 15) is 0 Å². The van der Waals surface area contributed by atoms with Crippen LogP contribution in [0.3, 0.4) is 0 Å². The molecular weight excluding hydrogens is 989 g/mol. The van der Waals surface area contributed by atoms with Crippen molar-refractivity contribution in [3.05, 3.63) is 351 Å². The van der Waals surface area contributed by atoms with Crippen molar-refractivity contribution in [2.75, 3.05) is 9.80 Å². The van der Waals surface area contributed by atoms with E-state index in [1.165, 1.54) is 66.8 Å². The highest BCUT2D eigenvalue weighted by Crippen LogP contribution is 2.41. The molecule has 0 saturated carbocycles. The second-order valence-electron chi connectivity index (χ2n) is 20.6. The van der Waals surface area contributed by atoms with Crippen LogP contribution in [0.5, 0.6) is 0 Å². The lowest BCUT2D eigenvalue weighted by Crippen LogP contribution is -2.10. The van der Waals surface area contributed by atoms with E-state index in [2.05, 4.69) is 362 Å². The molecule has 82 heavy (non-hydrogen) atoms. The second-order valence-corrected chi connectivity index (χ2v) is 20.6. The van der Waals surface area contributed by atoms with E-state index in [1.54, 1.807) is 0 Å². The lowest BCUT2D eigenvalue weighted by atomic mass is 9.98. The maximum Gasteiger partial charge on any atom is 0.0467 e. The minimum atomic E-state index is 1.07. The maximum atomic E-state index is 2.36. The lowest BCUT2D eigenvalue weighted by Gasteiger charge is -2.27. The molecular formula is C80H58N2. The summed E-state index contributed by atoms with van der Waals surface area (Å²) in [6.45, 7) is 0. The summed E-state index contributed by atoms with van der Waals surface area (Å²) in [5.41, 5.74) is 25.3. The van der Waals surface area contributed by atoms with Crippen LogP contribution < -0.4 is 9.80 Å². The average Bonchev–Trinajstić information content (AvgIpc) is 3.62. The third-order valence-electron chi connectivity index (χ3n) is 15.2. The molecule has 13 aromatic rings. The van der Waals surface area contributed by atoms with Gasteiger partial charge in [-0.2, -0.15) is 0 Å². The third-order valence-corrected chi connectivity index (χ3v) is 15.2. The van der Waals surface area contributed by atoms with Crippen molar-refractivity contribution >= 4 is 46.3 Å². The van der Waals surface area contributed by atoms with Gasteiger partial charge in [0.05, 0.1) is 0 Å². The van der Waals surface area contributed by atoms with Gasteiger partial charge in [-0.1, -0.05) is 267 Å². The molecule has 0 spiro atoms. The van der Waals surface area contributed by atoms with Crippen LogP contribution in [0.1, 0.15) is 11.1 Å². The molecule has 0 aliphatic heterocycles. The molecule has 0 radical (unpaired) electrons. The quantitative estimate of drug-likeness (QED) is 0.0944. The van der Waals surface area contributed by atoms with Crippen LogP contribution in [-0.4, -0.2) is 0 Å². The topological polar surface area (TPSA) is 6.48 Å². The smallest absolute Gasteiger partial charge is 0.0467 e. The van der Waals surface area contributed by atoms with E-state index >= 15 is 0 Å². The van der Waals surface area contributed by atoms with Gasteiger partial charge in [-0.15, -0.1) is 0 Å². The third kappa shape index (κ3) is 11.4. The minimum absolute atomic E-state index is 1.07. The minimum Gasteiger partial charge on any atom is -0.310 e. The molecule has 0 bridgehead atoms. The summed E-state index contributed by atoms with van der Waals surface area (Å²) in [6.07, 6.45) is 4.42. The van der Waals surface area contributed by atoms with Gasteiger partial charge in [-0.3, -0.25) is 0 Å². The van der Waals surface area contributed by atoms with Gasteiger partial charge >= 0.3 is 0 Å². The predicted molar refractivity (Wildman–Crippen MR) is 349 cm³/mol. The fraction of sp³-hybridized carbons (Fsp3) is 0. The lowest BCUT2D eigenvalue weighted by molar-refractivity contribution is 1.28. The first kappa shape index (κ1) is 50.7. The Labute approximate surface area is 482 Å². The zero-order valence-electron chi connectivity index (χ0n) is 45.4. The van der Waals surface area contributed by atoms with Gasteiger partial charge in [0.2, 0.25) is 0 Å². The number of nitrogens with zero attached hydrogens (tertiary/aromatic N) is 2. The first-order chi connectivity index (χ1) is 40.6. The van der Waals surface area contributed by atoms with Crippen LogP contribution in [0, 0.1) is 0 Å². The van der Waals surface area contributed by atoms with Crippen molar-refractivity contribution in [3.63, 3.8) is 0 Å². The summed E-state index contributed by atoms with van der Waals surface area (Å²) >= 11 is 0. The van der Waals surface area contributed by atoms with E-state index in [-0.39, 0.29) is 0 Å². The first-order valence-electron chi connectivity index (χ1n) is 28.0. The van der Waals surface area contributed by atoms with Crippen LogP contribution >= 0.6 is 0 Å². The molecule has 0 aromatic heterocycles. The molecule has 0 N–H and O–H groups in total. The molecule has 0 saturated heterocycles. The van der Waals surface area contributed by atoms with Crippen LogP contribution in [0.4, 0.5) is 34.1 Å². The van der Waals surface area contributed by atoms with E-state index in [0.717, 1.165) is 56.4 Å². The zero-order valence-corrected chi connectivity index (χ0v) is 45.4. The van der Waals surface area contributed by atoms with Gasteiger partial charge in [0, 0.05) is 34.1 Å². The molecule has 0 aliphatic carbocycles. The second kappa shape index (κ2) is 23.7. The van der Waals surface area contributed by atoms with Crippen molar-refractivity contribution in [3.8, 4) is 77.9 Å². The molecule has 2 heteroatoms. The number of rotatable bonds is 15. The van der Waals surface area contributed by atoms with Crippen LogP contribution in [-0.2, 0) is 0 Å². The summed E-state index contributed by atoms with van der Waals surface area (Å²) in [5, 5.41) is 0. The Morgan fingerprint density at radius 1 is 0.146 bits per heavy atom. The molecule has 2 nitrogen and oxygen atoms in total. The highest BCUT2D eigenvalue weighted by Gasteiger charge is 2.17. The molecule has 0 aliphatic rings. The fourth-order valence-corrected chi connectivity index (χ4v) is 11.0. The van der Waals surface area contributed by atoms with Crippen LogP contribution in [0.25, 0.3) is 90.0 Å². The molecule has 0 fully saturated rings. The Balaban J connectivity index is 0.772. The van der Waals surface area contributed by atoms with Crippen molar-refractivity contribution in [2.45, 2.75) is 0 Å². The van der Waals surface area contributed by atoms with Gasteiger partial charge in [0.1, 0.15) is 0 Å². The highest BCUT2D eigenvalue weighted by molar-refractivity contribution is 5.86. The Bertz CT molecular complexity index is 4060. The Morgan fingerprint density at radius 3 is 0.756 bits per heavy atom. The Hall–Kier alpha value is -10.8. The van der Waals surface area contributed by atoms with Gasteiger partial charge in [0.25, 0.3) is 0 Å². The molecule has 0 unspecified atom stereocenters. The first-order valence-corrected chi connectivity index (χ1v) is 28.0. The summed E-state index contributed by atoms with van der Waals surface area (Å²) in [7, 11) is 0. The summed E-state index contributed by atoms with van der Waals surface area (Å²) < 4.78 is 0. The van der Waals surface area contributed by atoms with E-state index in [1.807, 2.05) is 0 Å². The molecule has 0 amide bonds. The zero-order chi connectivity index (χ0) is 54.9. The SMILES string of the molecule is C(=C\c1cccc(N(c2ccc(-c3cccc(-c4ccccc4)c3)cc2)c2ccc(-c3cccc(-c4ccccc4)c3)cc2)c1)/c1ccc(-c2ccc(N(c3cccc(-c4ccccc4)c3)c3cccc(-c4ccccc4)c3)cc2)cc1. The van der Waals surface area contributed by atoms with E-state index < -0.39 is 0 Å². The van der Waals surface area contributed by atoms with Crippen molar-refractivity contribution in [2.24, 2.45) is 0 Å². The number of anilines is 6. The monoisotopic (exact) mass is 1050 g/mol. The molecule has 0 heterocycles. The average molecular weight is 1050 g/mol. The number of hydrogen-bond acceptors (Lipinski definition) is 2. The highest BCUT2D eigenvalue weighted by atomic mass is 15.1. The van der Waals surface area contributed by atoms with Crippen molar-refractivity contribution in [1.29, 1.82) is 0 Å². The van der Waals surface area contributed by atoms with E-state index in [4.69, 9.17) is 0 Å². The maximum absolute atomic E-state index is 2.36. The summed E-state index contributed by atoms with van der Waals surface area (Å²) in [4.78, 5) is 4.71. The normalized spacial score (nSPS) is 11.1. The van der Waals surface area contributed by atoms with Gasteiger partial charge in [0.15, 0.2) is 0 Å². The van der Waals surface area contributed by atoms with E-state index in [0.29, 0.717) is 0 Å². The number of hydrogen-bond donors (Lipinski definition) is 0. The van der Waals surface area contributed by atoms with Gasteiger partial charge < -0.3 is 9.80 Å². The van der Waals surface area contributed by atoms with Crippen molar-refractivity contribution in [1.82, 2.24) is 0 Å².